The first-order valence-corrected chi connectivity index (χ1v) is 9.27. The molecule has 1 aromatic carbocycles. The Hall–Kier alpha value is -2.02. The molecule has 0 aliphatic carbocycles. The van der Waals surface area contributed by atoms with Gasteiger partial charge in [0, 0.05) is 12.7 Å². The Bertz CT molecular complexity index is 641. The van der Waals surface area contributed by atoms with Crippen molar-refractivity contribution in [3.63, 3.8) is 0 Å². The van der Waals surface area contributed by atoms with E-state index in [2.05, 4.69) is 5.32 Å². The number of carbonyl (C=O) groups excluding carboxylic acids is 3. The van der Waals surface area contributed by atoms with E-state index in [1.807, 2.05) is 30.3 Å². The largest absolute Gasteiger partial charge is 0.467 e. The smallest absolute Gasteiger partial charge is 0.346 e. The summed E-state index contributed by atoms with van der Waals surface area (Å²) in [6.45, 7) is 8.04. The second-order valence-corrected chi connectivity index (χ2v) is 8.20. The molecule has 7 heteroatoms. The van der Waals surface area contributed by atoms with Crippen molar-refractivity contribution in [1.29, 1.82) is 0 Å². The van der Waals surface area contributed by atoms with Crippen LogP contribution in [0.25, 0.3) is 0 Å². The van der Waals surface area contributed by atoms with Gasteiger partial charge in [0.1, 0.15) is 6.10 Å². The van der Waals surface area contributed by atoms with Crippen molar-refractivity contribution in [2.24, 2.45) is 5.41 Å². The van der Waals surface area contributed by atoms with Gasteiger partial charge < -0.3 is 14.8 Å². The van der Waals surface area contributed by atoms with Gasteiger partial charge in [-0.1, -0.05) is 30.3 Å². The average Bonchev–Trinajstić information content (AvgIpc) is 2.57. The van der Waals surface area contributed by atoms with E-state index < -0.39 is 34.2 Å². The minimum absolute atomic E-state index is 0.422. The predicted octanol–water partition coefficient (Wildman–Crippen LogP) is 2.90. The van der Waals surface area contributed by atoms with E-state index in [1.165, 1.54) is 14.0 Å². The number of hydrogen-bond donors (Lipinski definition) is 1. The maximum atomic E-state index is 12.6. The highest BCUT2D eigenvalue weighted by Gasteiger charge is 2.49. The summed E-state index contributed by atoms with van der Waals surface area (Å²) in [6.07, 6.45) is -0.931. The van der Waals surface area contributed by atoms with Gasteiger partial charge in [0.25, 0.3) is 0 Å². The van der Waals surface area contributed by atoms with Crippen molar-refractivity contribution in [3.05, 3.63) is 35.9 Å². The van der Waals surface area contributed by atoms with Gasteiger partial charge in [0.15, 0.2) is 0 Å². The van der Waals surface area contributed by atoms with Crippen LogP contribution in [0, 0.1) is 5.41 Å². The van der Waals surface area contributed by atoms with Crippen LogP contribution in [-0.2, 0) is 29.6 Å². The maximum absolute atomic E-state index is 12.6. The summed E-state index contributed by atoms with van der Waals surface area (Å²) in [4.78, 5) is 35.2. The summed E-state index contributed by atoms with van der Waals surface area (Å²) in [5, 5.41) is 2.64. The van der Waals surface area contributed by atoms with Crippen LogP contribution in [0.15, 0.2) is 30.3 Å². The molecule has 0 spiro atoms. The van der Waals surface area contributed by atoms with Crippen molar-refractivity contribution in [3.8, 4) is 0 Å². The average molecular weight is 381 g/mol. The number of carbonyl (C=O) groups is 3. The number of thioether (sulfide) groups is 1. The first-order valence-electron chi connectivity index (χ1n) is 8.29. The van der Waals surface area contributed by atoms with E-state index in [-0.39, 0.29) is 0 Å². The zero-order valence-electron chi connectivity index (χ0n) is 16.1. The Labute approximate surface area is 159 Å². The van der Waals surface area contributed by atoms with Gasteiger partial charge in [-0.3, -0.25) is 9.59 Å². The number of methoxy groups -OCH3 is 1. The molecule has 26 heavy (non-hydrogen) atoms. The first kappa shape index (κ1) is 22.0. The molecule has 0 saturated heterocycles. The monoisotopic (exact) mass is 381 g/mol. The van der Waals surface area contributed by atoms with Gasteiger partial charge in [-0.25, -0.2) is 4.79 Å². The lowest BCUT2D eigenvalue weighted by Gasteiger charge is -2.36. The van der Waals surface area contributed by atoms with E-state index >= 15 is 0 Å². The van der Waals surface area contributed by atoms with Gasteiger partial charge in [0.2, 0.25) is 10.8 Å². The van der Waals surface area contributed by atoms with Crippen molar-refractivity contribution in [1.82, 2.24) is 5.32 Å². The van der Waals surface area contributed by atoms with Gasteiger partial charge in [-0.15, -0.1) is 11.8 Å². The van der Waals surface area contributed by atoms with Crippen LogP contribution in [0.2, 0.25) is 0 Å². The number of nitrogens with one attached hydrogen (secondary N) is 1. The summed E-state index contributed by atoms with van der Waals surface area (Å²) in [5.74, 6) is -1.14. The molecule has 0 fully saturated rings. The minimum Gasteiger partial charge on any atom is -0.467 e. The summed E-state index contributed by atoms with van der Waals surface area (Å²) < 4.78 is 10.4. The first-order chi connectivity index (χ1) is 12.0. The molecular formula is C19H27NO5S. The Morgan fingerprint density at radius 3 is 2.15 bits per heavy atom. The highest BCUT2D eigenvalue weighted by Crippen LogP contribution is 2.34. The Morgan fingerprint density at radius 1 is 1.12 bits per heavy atom. The third kappa shape index (κ3) is 5.76. The zero-order chi connectivity index (χ0) is 20.0. The molecule has 0 unspecified atom stereocenters. The minimum atomic E-state index is -1.54. The van der Waals surface area contributed by atoms with Crippen molar-refractivity contribution in [2.75, 3.05) is 7.11 Å². The lowest BCUT2D eigenvalue weighted by Crippen LogP contribution is -2.60. The second-order valence-electron chi connectivity index (χ2n) is 6.98. The van der Waals surface area contributed by atoms with Crippen LogP contribution in [0.5, 0.6) is 0 Å². The van der Waals surface area contributed by atoms with Gasteiger partial charge in [0.05, 0.1) is 12.5 Å². The van der Waals surface area contributed by atoms with Crippen LogP contribution in [0.1, 0.15) is 40.2 Å². The molecule has 0 aliphatic heterocycles. The number of hydrogen-bond acceptors (Lipinski definition) is 6. The fourth-order valence-electron chi connectivity index (χ4n) is 2.14. The number of benzene rings is 1. The van der Waals surface area contributed by atoms with Crippen molar-refractivity contribution >= 4 is 29.6 Å². The lowest BCUT2D eigenvalue weighted by molar-refractivity contribution is -0.165. The van der Waals surface area contributed by atoms with Crippen LogP contribution >= 0.6 is 11.8 Å². The molecule has 1 N–H and O–H groups in total. The molecule has 1 rings (SSSR count). The third-order valence-corrected chi connectivity index (χ3v) is 5.16. The van der Waals surface area contributed by atoms with E-state index in [9.17, 15) is 14.4 Å². The summed E-state index contributed by atoms with van der Waals surface area (Å²) in [6, 6.07) is 9.49. The molecule has 0 aliphatic rings. The van der Waals surface area contributed by atoms with Gasteiger partial charge in [-0.05, 0) is 33.3 Å². The molecule has 6 nitrogen and oxygen atoms in total. The fraction of sp³-hybridized carbons (Fsp3) is 0.526. The Kier molecular flexibility index (Phi) is 7.68. The predicted molar refractivity (Wildman–Crippen MR) is 101 cm³/mol. The highest BCUT2D eigenvalue weighted by atomic mass is 32.2. The van der Waals surface area contributed by atoms with Crippen LogP contribution in [0.4, 0.5) is 0 Å². The van der Waals surface area contributed by atoms with Crippen LogP contribution in [0.3, 0.4) is 0 Å². The topological polar surface area (TPSA) is 81.7 Å². The van der Waals surface area contributed by atoms with Gasteiger partial charge in [-0.2, -0.15) is 0 Å². The fourth-order valence-corrected chi connectivity index (χ4v) is 3.42. The van der Waals surface area contributed by atoms with E-state index in [1.54, 1.807) is 27.7 Å². The van der Waals surface area contributed by atoms with Crippen molar-refractivity contribution in [2.45, 2.75) is 51.3 Å². The maximum Gasteiger partial charge on any atom is 0.346 e. The van der Waals surface area contributed by atoms with E-state index in [0.29, 0.717) is 5.75 Å². The Balaban J connectivity index is 3.17. The van der Waals surface area contributed by atoms with E-state index in [4.69, 9.17) is 9.47 Å². The number of amides is 1. The molecule has 0 radical (unpaired) electrons. The SMILES string of the molecule is COC(=O)[C@@](NC(C)=O)(SCc1ccccc1)[C@H](C)OC(=O)C(C)(C)C. The molecule has 0 heterocycles. The Morgan fingerprint density at radius 2 is 1.69 bits per heavy atom. The van der Waals surface area contributed by atoms with Crippen LogP contribution < -0.4 is 5.32 Å². The molecule has 2 atom stereocenters. The van der Waals surface area contributed by atoms with Crippen molar-refractivity contribution < 1.29 is 23.9 Å². The number of rotatable bonds is 7. The summed E-state index contributed by atoms with van der Waals surface area (Å²) in [7, 11) is 1.24. The number of ether oxygens (including phenoxy) is 2. The lowest BCUT2D eigenvalue weighted by atomic mass is 9.97. The molecule has 0 bridgehead atoms. The van der Waals surface area contributed by atoms with Gasteiger partial charge >= 0.3 is 11.9 Å². The quantitative estimate of drug-likeness (QED) is 0.578. The summed E-state index contributed by atoms with van der Waals surface area (Å²) in [5.41, 5.74) is 0.224. The summed E-state index contributed by atoms with van der Waals surface area (Å²) >= 11 is 1.16. The molecule has 0 aromatic heterocycles. The zero-order valence-corrected chi connectivity index (χ0v) is 16.9. The molecular weight excluding hydrogens is 354 g/mol. The molecule has 1 aromatic rings. The molecule has 1 amide bonds. The standard InChI is InChI=1S/C19H27NO5S/c1-13(25-16(22)18(3,4)5)19(17(23)24-6,20-14(2)21)26-12-15-10-8-7-9-11-15/h7-11,13H,12H2,1-6H3,(H,20,21)/t13-,19-/m0/s1. The molecule has 144 valence electrons. The third-order valence-electron chi connectivity index (χ3n) is 3.63. The molecule has 0 saturated carbocycles. The normalized spacial score (nSPS) is 14.7. The van der Waals surface area contributed by atoms with Crippen LogP contribution in [-0.4, -0.2) is 35.9 Å². The number of esters is 2. The second kappa shape index (κ2) is 9.07. The highest BCUT2D eigenvalue weighted by molar-refractivity contribution is 8.00. The van der Waals surface area contributed by atoms with E-state index in [0.717, 1.165) is 17.3 Å².